The van der Waals surface area contributed by atoms with E-state index in [1.165, 1.54) is 17.4 Å². The zero-order chi connectivity index (χ0) is 39.9. The van der Waals surface area contributed by atoms with E-state index >= 15 is 0 Å². The van der Waals surface area contributed by atoms with Crippen molar-refractivity contribution in [2.24, 2.45) is 17.8 Å². The number of nitrogens with zero attached hydrogens (tertiary/aromatic N) is 3. The zero-order valence-electron chi connectivity index (χ0n) is 33.5. The molecule has 1 amide bonds. The molecule has 1 unspecified atom stereocenters. The summed E-state index contributed by atoms with van der Waals surface area (Å²) in [5, 5.41) is 0.399. The molecule has 2 bridgehead atoms. The Labute approximate surface area is 340 Å². The van der Waals surface area contributed by atoms with Gasteiger partial charge in [-0.3, -0.25) is 14.4 Å². The number of carbonyl (C=O) groups is 1. The molecule has 1 saturated carbocycles. The van der Waals surface area contributed by atoms with Gasteiger partial charge in [0.1, 0.15) is 11.4 Å². The van der Waals surface area contributed by atoms with Crippen LogP contribution in [-0.2, 0) is 36.3 Å². The van der Waals surface area contributed by atoms with Crippen molar-refractivity contribution in [2.45, 2.75) is 87.9 Å². The van der Waals surface area contributed by atoms with E-state index in [0.29, 0.717) is 50.7 Å². The smallest absolute Gasteiger partial charge is 0.262 e. The quantitative estimate of drug-likeness (QED) is 0.307. The van der Waals surface area contributed by atoms with Crippen LogP contribution in [0.1, 0.15) is 86.7 Å². The number of sulfonamides is 1. The minimum atomic E-state index is -3.18. The summed E-state index contributed by atoms with van der Waals surface area (Å²) >= 11 is 6.51. The summed E-state index contributed by atoms with van der Waals surface area (Å²) in [5.74, 6) is 12.2. The molecule has 0 aromatic heterocycles. The number of rotatable bonds is 4. The fraction of sp³-hybridized carbons (Fsp3) is 0.628. The molecular formula is C43H59ClN4O6S2. The summed E-state index contributed by atoms with van der Waals surface area (Å²) in [5.41, 5.74) is 2.94. The predicted octanol–water partition coefficient (Wildman–Crippen LogP) is 5.76. The van der Waals surface area contributed by atoms with Crippen LogP contribution in [0.4, 0.5) is 5.69 Å². The molecule has 2 fully saturated rings. The second-order valence-electron chi connectivity index (χ2n) is 17.1. The van der Waals surface area contributed by atoms with Crippen molar-refractivity contribution in [3.63, 3.8) is 0 Å². The number of aryl methyl sites for hydroxylation is 1. The average molecular weight is 828 g/mol. The van der Waals surface area contributed by atoms with E-state index in [1.54, 1.807) is 17.5 Å². The Morgan fingerprint density at radius 2 is 1.86 bits per heavy atom. The van der Waals surface area contributed by atoms with Crippen LogP contribution in [0.2, 0.25) is 5.02 Å². The van der Waals surface area contributed by atoms with Crippen molar-refractivity contribution in [1.82, 2.24) is 13.9 Å². The second-order valence-corrected chi connectivity index (χ2v) is 21.9. The number of piperazine rings is 1. The third-order valence-electron chi connectivity index (χ3n) is 13.7. The minimum absolute atomic E-state index is 0.0406. The average Bonchev–Trinajstić information content (AvgIpc) is 3.30. The van der Waals surface area contributed by atoms with Crippen molar-refractivity contribution >= 4 is 48.8 Å². The highest BCUT2D eigenvalue weighted by atomic mass is 35.5. The van der Waals surface area contributed by atoms with Gasteiger partial charge in [-0.25, -0.2) is 12.6 Å². The van der Waals surface area contributed by atoms with Crippen molar-refractivity contribution in [2.75, 3.05) is 70.7 Å². The third kappa shape index (κ3) is 8.50. The fourth-order valence-electron chi connectivity index (χ4n) is 9.90. The lowest BCUT2D eigenvalue weighted by atomic mass is 9.62. The predicted molar refractivity (Wildman–Crippen MR) is 227 cm³/mol. The van der Waals surface area contributed by atoms with E-state index in [9.17, 15) is 17.4 Å². The summed E-state index contributed by atoms with van der Waals surface area (Å²) < 4.78 is 55.8. The number of benzene rings is 2. The van der Waals surface area contributed by atoms with Crippen LogP contribution in [-0.4, -0.2) is 110 Å². The Morgan fingerprint density at radius 1 is 1.07 bits per heavy atom. The van der Waals surface area contributed by atoms with Crippen molar-refractivity contribution in [3.05, 3.63) is 58.1 Å². The topological polar surface area (TPSA) is 108 Å². The van der Waals surface area contributed by atoms with Gasteiger partial charge in [-0.05, 0) is 117 Å². The normalized spacial score (nSPS) is 33.1. The van der Waals surface area contributed by atoms with Gasteiger partial charge < -0.3 is 14.4 Å². The van der Waals surface area contributed by atoms with Crippen LogP contribution in [0.15, 0.2) is 36.4 Å². The molecule has 5 aliphatic rings. The van der Waals surface area contributed by atoms with E-state index in [4.69, 9.17) is 21.1 Å². The highest BCUT2D eigenvalue weighted by Gasteiger charge is 2.49. The van der Waals surface area contributed by atoms with Gasteiger partial charge in [0.25, 0.3) is 5.91 Å². The first kappa shape index (κ1) is 41.4. The van der Waals surface area contributed by atoms with Gasteiger partial charge in [-0.2, -0.15) is 4.31 Å². The monoisotopic (exact) mass is 826 g/mol. The molecule has 1 N–H and O–H groups in total. The first-order chi connectivity index (χ1) is 26.6. The number of hydrogen-bond acceptors (Lipinski definition) is 8. The van der Waals surface area contributed by atoms with Gasteiger partial charge in [0, 0.05) is 86.5 Å². The van der Waals surface area contributed by atoms with E-state index < -0.39 is 25.3 Å². The lowest BCUT2D eigenvalue weighted by Gasteiger charge is -2.50. The van der Waals surface area contributed by atoms with Crippen LogP contribution in [0.5, 0.6) is 5.75 Å². The fourth-order valence-corrected chi connectivity index (χ4v) is 12.4. The summed E-state index contributed by atoms with van der Waals surface area (Å²) in [6, 6.07) is 11.9. The van der Waals surface area contributed by atoms with Crippen LogP contribution < -0.4 is 14.4 Å². The maximum Gasteiger partial charge on any atom is 0.262 e. The number of ether oxygens (including phenoxy) is 2. The molecule has 1 saturated heterocycles. The number of methoxy groups -OCH3 is 1. The summed E-state index contributed by atoms with van der Waals surface area (Å²) in [6.07, 6.45) is 9.36. The van der Waals surface area contributed by atoms with Crippen molar-refractivity contribution in [3.8, 4) is 17.6 Å². The first-order valence-corrected chi connectivity index (χ1v) is 24.4. The number of carbonyl (C=O) groups excluding carboxylic acids is 1. The molecule has 1 spiro atoms. The SMILES string of the molecule is C=S1(=O)NC(=O)c2ccc3c(c2)N(C[C@@H]2CC[C@H]2[C@@](C#CCCN2CCN(S(C)(=O)=O)CC2)(OC)CCC[C@H](C)[C@H]1C)C[C@@]1(CCCc2cc(Cl)ccc21)CO3. The Bertz CT molecular complexity index is 2080. The summed E-state index contributed by atoms with van der Waals surface area (Å²) in [7, 11) is -4.35. The number of fused-ring (bicyclic) bond motifs is 4. The van der Waals surface area contributed by atoms with Crippen LogP contribution in [0.3, 0.4) is 0 Å². The first-order valence-electron chi connectivity index (χ1n) is 20.3. The molecule has 306 valence electrons. The lowest BCUT2D eigenvalue weighted by molar-refractivity contribution is -0.0743. The van der Waals surface area contributed by atoms with E-state index in [0.717, 1.165) is 87.5 Å². The Balaban J connectivity index is 1.22. The molecule has 2 aromatic rings. The highest BCUT2D eigenvalue weighted by molar-refractivity contribution is 7.99. The Hall–Kier alpha value is -2.79. The van der Waals surface area contributed by atoms with Crippen LogP contribution in [0.25, 0.3) is 0 Å². The standard InChI is InChI=1S/C43H59ClN4O6S2/c1-31-10-8-20-43(53-3,19-6-7-21-46-22-24-48(25-23-46)56(5,51)52)38-15-12-35(38)28-47-29-42(18-9-11-33-26-36(44)14-16-37(33)42)30-54-40-17-13-34(27-39(40)47)41(49)45-55(4,50)32(31)2/h13-14,16-17,26-27,31-32,35,38H,4,7-12,15,18,20-25,28-30H2,1-3,5H3,(H,45,49,50)/t31-,32+,35-,38+,42-,43-,55?/m0/s1. The summed E-state index contributed by atoms with van der Waals surface area (Å²) in [4.78, 5) is 18.5. The molecule has 0 radical (unpaired) electrons. The number of amides is 1. The van der Waals surface area contributed by atoms with Gasteiger partial charge in [-0.1, -0.05) is 36.4 Å². The molecular weight excluding hydrogens is 768 g/mol. The van der Waals surface area contributed by atoms with E-state index in [2.05, 4.69) is 51.3 Å². The van der Waals surface area contributed by atoms with Gasteiger partial charge >= 0.3 is 0 Å². The van der Waals surface area contributed by atoms with Gasteiger partial charge in [-0.15, -0.1) is 0 Å². The second kappa shape index (κ2) is 16.5. The van der Waals surface area contributed by atoms with E-state index in [1.807, 2.05) is 25.1 Å². The largest absolute Gasteiger partial charge is 0.490 e. The van der Waals surface area contributed by atoms with Crippen LogP contribution in [0, 0.1) is 29.6 Å². The van der Waals surface area contributed by atoms with Gasteiger partial charge in [0.2, 0.25) is 10.0 Å². The highest BCUT2D eigenvalue weighted by Crippen LogP contribution is 2.49. The Morgan fingerprint density at radius 3 is 2.57 bits per heavy atom. The number of hydrogen-bond donors (Lipinski definition) is 1. The minimum Gasteiger partial charge on any atom is -0.490 e. The van der Waals surface area contributed by atoms with Gasteiger partial charge in [0.15, 0.2) is 0 Å². The molecule has 2 aliphatic carbocycles. The third-order valence-corrected chi connectivity index (χ3v) is 17.4. The molecule has 3 heterocycles. The van der Waals surface area contributed by atoms with Crippen molar-refractivity contribution in [1.29, 1.82) is 0 Å². The lowest BCUT2D eigenvalue weighted by Crippen LogP contribution is -2.53. The van der Waals surface area contributed by atoms with Crippen molar-refractivity contribution < 1.29 is 26.9 Å². The van der Waals surface area contributed by atoms with E-state index in [-0.39, 0.29) is 28.4 Å². The molecule has 7 rings (SSSR count). The maximum absolute atomic E-state index is 14.1. The Kier molecular flexibility index (Phi) is 12.2. The molecule has 56 heavy (non-hydrogen) atoms. The van der Waals surface area contributed by atoms with Gasteiger partial charge in [0.05, 0.1) is 28.3 Å². The molecule has 13 heteroatoms. The number of nitrogens with one attached hydrogen (secondary N) is 1. The maximum atomic E-state index is 14.1. The molecule has 7 atom stereocenters. The number of anilines is 1. The molecule has 10 nitrogen and oxygen atoms in total. The number of halogens is 1. The molecule has 3 aliphatic heterocycles. The zero-order valence-corrected chi connectivity index (χ0v) is 35.9. The molecule has 2 aromatic carbocycles. The summed E-state index contributed by atoms with van der Waals surface area (Å²) in [6.45, 7) is 9.19. The van der Waals surface area contributed by atoms with Crippen LogP contribution >= 0.6 is 11.6 Å².